The molecule has 1 aliphatic heterocycles. The first-order valence-electron chi connectivity index (χ1n) is 9.29. The SMILES string of the molecule is Cn1cc(N2CCC(NC(=O)Nc3ccc(Oc4ccccc4)cc3)C2=O)cn1. The zero-order valence-electron chi connectivity index (χ0n) is 15.9. The van der Waals surface area contributed by atoms with Gasteiger partial charge in [0.1, 0.15) is 17.5 Å². The molecule has 0 saturated carbocycles. The summed E-state index contributed by atoms with van der Waals surface area (Å²) in [6.07, 6.45) is 3.96. The molecule has 0 aliphatic carbocycles. The third-order valence-corrected chi connectivity index (χ3v) is 4.60. The van der Waals surface area contributed by atoms with E-state index in [-0.39, 0.29) is 5.91 Å². The van der Waals surface area contributed by atoms with Crippen LogP contribution in [0.15, 0.2) is 67.0 Å². The minimum Gasteiger partial charge on any atom is -0.457 e. The van der Waals surface area contributed by atoms with Crippen molar-refractivity contribution in [2.75, 3.05) is 16.8 Å². The van der Waals surface area contributed by atoms with Crippen molar-refractivity contribution in [3.05, 3.63) is 67.0 Å². The van der Waals surface area contributed by atoms with Gasteiger partial charge in [0.25, 0.3) is 0 Å². The summed E-state index contributed by atoms with van der Waals surface area (Å²) in [7, 11) is 1.80. The van der Waals surface area contributed by atoms with E-state index in [0.717, 1.165) is 11.4 Å². The molecule has 2 aromatic carbocycles. The van der Waals surface area contributed by atoms with Crippen molar-refractivity contribution in [3.63, 3.8) is 0 Å². The molecule has 2 N–H and O–H groups in total. The van der Waals surface area contributed by atoms with E-state index in [2.05, 4.69) is 15.7 Å². The van der Waals surface area contributed by atoms with Gasteiger partial charge in [-0.25, -0.2) is 4.79 Å². The van der Waals surface area contributed by atoms with Gasteiger partial charge in [-0.2, -0.15) is 5.10 Å². The molecule has 1 fully saturated rings. The minimum absolute atomic E-state index is 0.139. The van der Waals surface area contributed by atoms with Crippen LogP contribution in [0.25, 0.3) is 0 Å². The van der Waals surface area contributed by atoms with Crippen molar-refractivity contribution in [1.82, 2.24) is 15.1 Å². The molecular formula is C21H21N5O3. The maximum Gasteiger partial charge on any atom is 0.319 e. The van der Waals surface area contributed by atoms with E-state index < -0.39 is 12.1 Å². The fourth-order valence-electron chi connectivity index (χ4n) is 3.17. The number of urea groups is 1. The molecule has 3 aromatic rings. The Morgan fingerprint density at radius 1 is 1.10 bits per heavy atom. The van der Waals surface area contributed by atoms with E-state index in [1.807, 2.05) is 30.3 Å². The minimum atomic E-state index is -0.559. The number of aromatic nitrogens is 2. The first-order chi connectivity index (χ1) is 14.1. The highest BCUT2D eigenvalue weighted by Gasteiger charge is 2.34. The first-order valence-corrected chi connectivity index (χ1v) is 9.29. The molecule has 0 spiro atoms. The Hall–Kier alpha value is -3.81. The van der Waals surface area contributed by atoms with Crippen LogP contribution < -0.4 is 20.3 Å². The van der Waals surface area contributed by atoms with Gasteiger partial charge in [0, 0.05) is 25.5 Å². The third kappa shape index (κ3) is 4.37. The Labute approximate surface area is 168 Å². The van der Waals surface area contributed by atoms with E-state index in [1.165, 1.54) is 0 Å². The lowest BCUT2D eigenvalue weighted by atomic mass is 10.2. The summed E-state index contributed by atoms with van der Waals surface area (Å²) in [6, 6.07) is 15.5. The number of ether oxygens (including phenoxy) is 1. The first kappa shape index (κ1) is 18.5. The normalized spacial score (nSPS) is 16.0. The van der Waals surface area contributed by atoms with Crippen molar-refractivity contribution in [1.29, 1.82) is 0 Å². The van der Waals surface area contributed by atoms with E-state index in [0.29, 0.717) is 24.4 Å². The third-order valence-electron chi connectivity index (χ3n) is 4.60. The molecule has 29 heavy (non-hydrogen) atoms. The van der Waals surface area contributed by atoms with Crippen LogP contribution in [0.2, 0.25) is 0 Å². The molecule has 0 radical (unpaired) electrons. The highest BCUT2D eigenvalue weighted by Crippen LogP contribution is 2.23. The molecule has 0 bridgehead atoms. The van der Waals surface area contributed by atoms with Crippen LogP contribution in [0.5, 0.6) is 11.5 Å². The summed E-state index contributed by atoms with van der Waals surface area (Å²) < 4.78 is 7.37. The largest absolute Gasteiger partial charge is 0.457 e. The lowest BCUT2D eigenvalue weighted by Crippen LogP contribution is -2.43. The zero-order valence-corrected chi connectivity index (χ0v) is 15.9. The highest BCUT2D eigenvalue weighted by molar-refractivity contribution is 6.02. The Balaban J connectivity index is 1.31. The van der Waals surface area contributed by atoms with Crippen LogP contribution in [0.3, 0.4) is 0 Å². The fourth-order valence-corrected chi connectivity index (χ4v) is 3.17. The number of aryl methyl sites for hydroxylation is 1. The molecule has 1 unspecified atom stereocenters. The lowest BCUT2D eigenvalue weighted by molar-refractivity contribution is -0.118. The summed E-state index contributed by atoms with van der Waals surface area (Å²) in [4.78, 5) is 26.5. The number of hydrogen-bond donors (Lipinski definition) is 2. The van der Waals surface area contributed by atoms with Crippen molar-refractivity contribution in [2.24, 2.45) is 7.05 Å². The molecule has 1 aromatic heterocycles. The van der Waals surface area contributed by atoms with Gasteiger partial charge in [-0.3, -0.25) is 9.48 Å². The number of hydrogen-bond acceptors (Lipinski definition) is 4. The fraction of sp³-hybridized carbons (Fsp3) is 0.190. The van der Waals surface area contributed by atoms with Gasteiger partial charge < -0.3 is 20.3 Å². The van der Waals surface area contributed by atoms with Crippen LogP contribution >= 0.6 is 0 Å². The number of nitrogens with zero attached hydrogens (tertiary/aromatic N) is 3. The molecule has 2 heterocycles. The average Bonchev–Trinajstić information content (AvgIpc) is 3.30. The van der Waals surface area contributed by atoms with Gasteiger partial charge in [0.2, 0.25) is 5.91 Å². The maximum atomic E-state index is 12.6. The van der Waals surface area contributed by atoms with Crippen molar-refractivity contribution in [3.8, 4) is 11.5 Å². The van der Waals surface area contributed by atoms with Crippen LogP contribution in [-0.4, -0.2) is 34.3 Å². The Morgan fingerprint density at radius 3 is 2.52 bits per heavy atom. The van der Waals surface area contributed by atoms with Crippen molar-refractivity contribution in [2.45, 2.75) is 12.5 Å². The Kier molecular flexibility index (Phi) is 5.15. The Bertz CT molecular complexity index is 1000. The summed E-state index contributed by atoms with van der Waals surface area (Å²) >= 11 is 0. The maximum absolute atomic E-state index is 12.6. The molecule has 148 valence electrons. The van der Waals surface area contributed by atoms with Gasteiger partial charge in [0.15, 0.2) is 0 Å². The molecule has 4 rings (SSSR count). The number of rotatable bonds is 5. The second kappa shape index (κ2) is 8.05. The van der Waals surface area contributed by atoms with Gasteiger partial charge >= 0.3 is 6.03 Å². The van der Waals surface area contributed by atoms with E-state index in [9.17, 15) is 9.59 Å². The molecule has 1 atom stereocenters. The Morgan fingerprint density at radius 2 is 1.83 bits per heavy atom. The summed E-state index contributed by atoms with van der Waals surface area (Å²) in [5.41, 5.74) is 1.34. The number of anilines is 2. The smallest absolute Gasteiger partial charge is 0.319 e. The van der Waals surface area contributed by atoms with Crippen LogP contribution in [0.1, 0.15) is 6.42 Å². The number of carbonyl (C=O) groups excluding carboxylic acids is 2. The number of nitrogens with one attached hydrogen (secondary N) is 2. The van der Waals surface area contributed by atoms with Gasteiger partial charge in [-0.15, -0.1) is 0 Å². The van der Waals surface area contributed by atoms with Crippen molar-refractivity contribution < 1.29 is 14.3 Å². The molecule has 8 heteroatoms. The monoisotopic (exact) mass is 391 g/mol. The second-order valence-corrected chi connectivity index (χ2v) is 6.74. The van der Waals surface area contributed by atoms with Gasteiger partial charge in [0.05, 0.1) is 11.9 Å². The summed E-state index contributed by atoms with van der Waals surface area (Å²) in [5.74, 6) is 1.27. The molecule has 1 aliphatic rings. The second-order valence-electron chi connectivity index (χ2n) is 6.74. The van der Waals surface area contributed by atoms with Crippen LogP contribution in [-0.2, 0) is 11.8 Å². The predicted octanol–water partition coefficient (Wildman–Crippen LogP) is 3.14. The average molecular weight is 391 g/mol. The molecule has 8 nitrogen and oxygen atoms in total. The number of para-hydroxylation sites is 1. The standard InChI is InChI=1S/C21H21N5O3/c1-25-14-16(13-22-25)26-12-11-19(20(26)27)24-21(28)23-15-7-9-18(10-8-15)29-17-5-3-2-4-6-17/h2-10,13-14,19H,11-12H2,1H3,(H2,23,24,28). The number of amides is 3. The lowest BCUT2D eigenvalue weighted by Gasteiger charge is -2.15. The molecule has 1 saturated heterocycles. The number of carbonyl (C=O) groups is 2. The quantitative estimate of drug-likeness (QED) is 0.699. The molecule has 3 amide bonds. The highest BCUT2D eigenvalue weighted by atomic mass is 16.5. The van der Waals surface area contributed by atoms with Gasteiger partial charge in [-0.1, -0.05) is 18.2 Å². The summed E-state index contributed by atoms with van der Waals surface area (Å²) in [5, 5.41) is 9.57. The van der Waals surface area contributed by atoms with Crippen LogP contribution in [0.4, 0.5) is 16.2 Å². The van der Waals surface area contributed by atoms with Crippen LogP contribution in [0, 0.1) is 0 Å². The van der Waals surface area contributed by atoms with E-state index in [1.54, 1.807) is 53.3 Å². The zero-order chi connectivity index (χ0) is 20.2. The summed E-state index contributed by atoms with van der Waals surface area (Å²) in [6.45, 7) is 0.543. The number of benzene rings is 2. The topological polar surface area (TPSA) is 88.5 Å². The van der Waals surface area contributed by atoms with E-state index >= 15 is 0 Å². The van der Waals surface area contributed by atoms with E-state index in [4.69, 9.17) is 4.74 Å². The van der Waals surface area contributed by atoms with Crippen molar-refractivity contribution >= 4 is 23.3 Å². The van der Waals surface area contributed by atoms with Gasteiger partial charge in [-0.05, 0) is 42.8 Å². The molecular weight excluding hydrogens is 370 g/mol. The predicted molar refractivity (Wildman–Crippen MR) is 109 cm³/mol.